The van der Waals surface area contributed by atoms with E-state index in [2.05, 4.69) is 23.9 Å². The molecule has 0 radical (unpaired) electrons. The van der Waals surface area contributed by atoms with Gasteiger partial charge in [0.25, 0.3) is 10.2 Å². The topological polar surface area (TPSA) is 84.2 Å². The molecule has 1 aromatic rings. The third kappa shape index (κ3) is 5.21. The Labute approximate surface area is 127 Å². The maximum Gasteiger partial charge on any atom is 0.296 e. The molecule has 21 heavy (non-hydrogen) atoms. The Bertz CT molecular complexity index is 564. The summed E-state index contributed by atoms with van der Waals surface area (Å²) in [5.74, 6) is 1.59. The number of rotatable bonds is 5. The van der Waals surface area contributed by atoms with Crippen molar-refractivity contribution in [2.24, 2.45) is 17.0 Å². The molecule has 1 saturated carbocycles. The lowest BCUT2D eigenvalue weighted by Gasteiger charge is -2.32. The van der Waals surface area contributed by atoms with Crippen LogP contribution < -0.4 is 15.2 Å². The van der Waals surface area contributed by atoms with Crippen LogP contribution in [0.3, 0.4) is 0 Å². The summed E-state index contributed by atoms with van der Waals surface area (Å²) in [5, 5.41) is 8.48. The molecule has 5 nitrogen and oxygen atoms in total. The van der Waals surface area contributed by atoms with Crippen LogP contribution in [0.25, 0.3) is 0 Å². The van der Waals surface area contributed by atoms with Crippen LogP contribution in [0.5, 0.6) is 0 Å². The molecule has 0 spiro atoms. The number of nitrogens with one attached hydrogen (secondary N) is 2. The lowest BCUT2D eigenvalue weighted by molar-refractivity contribution is 0.267. The fourth-order valence-electron chi connectivity index (χ4n) is 3.00. The third-order valence-corrected chi connectivity index (χ3v) is 4.73. The average molecular weight is 311 g/mol. The number of anilines is 2. The van der Waals surface area contributed by atoms with Gasteiger partial charge in [0.15, 0.2) is 0 Å². The minimum Gasteiger partial charge on any atom is -0.382 e. The van der Waals surface area contributed by atoms with Gasteiger partial charge in [0, 0.05) is 11.7 Å². The van der Waals surface area contributed by atoms with Crippen molar-refractivity contribution in [3.05, 3.63) is 24.3 Å². The van der Waals surface area contributed by atoms with Gasteiger partial charge in [-0.2, -0.15) is 8.42 Å². The van der Waals surface area contributed by atoms with Gasteiger partial charge in [0.05, 0.1) is 5.69 Å². The highest BCUT2D eigenvalue weighted by Gasteiger charge is 2.23. The second-order valence-corrected chi connectivity index (χ2v) is 7.52. The second-order valence-electron chi connectivity index (χ2n) is 6.23. The van der Waals surface area contributed by atoms with Crippen LogP contribution in [0.1, 0.15) is 39.5 Å². The van der Waals surface area contributed by atoms with Crippen LogP contribution in [-0.2, 0) is 10.2 Å². The van der Waals surface area contributed by atoms with Crippen LogP contribution in [-0.4, -0.2) is 14.5 Å². The van der Waals surface area contributed by atoms with Crippen molar-refractivity contribution in [3.63, 3.8) is 0 Å². The molecule has 1 aliphatic carbocycles. The van der Waals surface area contributed by atoms with Gasteiger partial charge < -0.3 is 5.32 Å². The molecule has 0 saturated heterocycles. The number of hydrogen-bond donors (Lipinski definition) is 3. The molecule has 0 unspecified atom stereocenters. The zero-order valence-electron chi connectivity index (χ0n) is 12.7. The summed E-state index contributed by atoms with van der Waals surface area (Å²) in [7, 11) is -3.72. The van der Waals surface area contributed by atoms with E-state index < -0.39 is 10.2 Å². The van der Waals surface area contributed by atoms with Crippen molar-refractivity contribution in [3.8, 4) is 0 Å². The fraction of sp³-hybridized carbons (Fsp3) is 0.600. The number of nitrogens with two attached hydrogens (primary N) is 1. The van der Waals surface area contributed by atoms with E-state index in [0.717, 1.165) is 30.4 Å². The van der Waals surface area contributed by atoms with E-state index in [-0.39, 0.29) is 0 Å². The summed E-state index contributed by atoms with van der Waals surface area (Å²) < 4.78 is 24.4. The summed E-state index contributed by atoms with van der Waals surface area (Å²) in [6.45, 7) is 4.58. The average Bonchev–Trinajstić information content (AvgIpc) is 2.37. The Morgan fingerprint density at radius 1 is 1.14 bits per heavy atom. The summed E-state index contributed by atoms with van der Waals surface area (Å²) >= 11 is 0. The van der Waals surface area contributed by atoms with Gasteiger partial charge >= 0.3 is 0 Å². The molecular weight excluding hydrogens is 286 g/mol. The predicted octanol–water partition coefficient (Wildman–Crippen LogP) is 2.93. The van der Waals surface area contributed by atoms with Crippen LogP contribution in [0, 0.1) is 11.8 Å². The van der Waals surface area contributed by atoms with Crippen molar-refractivity contribution < 1.29 is 8.42 Å². The van der Waals surface area contributed by atoms with Crippen LogP contribution in [0.2, 0.25) is 0 Å². The first kappa shape index (κ1) is 16.1. The smallest absolute Gasteiger partial charge is 0.296 e. The molecule has 118 valence electrons. The molecule has 0 bridgehead atoms. The van der Waals surface area contributed by atoms with Gasteiger partial charge in [0.1, 0.15) is 0 Å². The molecule has 0 heterocycles. The van der Waals surface area contributed by atoms with Crippen LogP contribution in [0.4, 0.5) is 11.4 Å². The van der Waals surface area contributed by atoms with Gasteiger partial charge in [-0.3, -0.25) is 4.72 Å². The Hall–Kier alpha value is -1.27. The highest BCUT2D eigenvalue weighted by atomic mass is 32.2. The maximum atomic E-state index is 11.0. The molecule has 0 atom stereocenters. The Kier molecular flexibility index (Phi) is 5.11. The monoisotopic (exact) mass is 311 g/mol. The summed E-state index contributed by atoms with van der Waals surface area (Å²) in [6.07, 6.45) is 4.83. The van der Waals surface area contributed by atoms with E-state index in [1.54, 1.807) is 12.1 Å². The second kappa shape index (κ2) is 6.66. The first-order chi connectivity index (χ1) is 9.83. The molecular formula is C15H25N3O2S. The first-order valence-corrected chi connectivity index (χ1v) is 9.05. The minimum absolute atomic E-state index is 0.463. The molecule has 1 aliphatic rings. The molecule has 1 aromatic carbocycles. The van der Waals surface area contributed by atoms with Crippen molar-refractivity contribution in [1.82, 2.24) is 0 Å². The summed E-state index contributed by atoms with van der Waals surface area (Å²) in [5.41, 5.74) is 1.41. The summed E-state index contributed by atoms with van der Waals surface area (Å²) in [4.78, 5) is 0. The SMILES string of the molecule is CC(C)C1CCC(Nc2cccc(NS(N)(=O)=O)c2)CC1. The Balaban J connectivity index is 1.93. The molecule has 4 N–H and O–H groups in total. The van der Waals surface area contributed by atoms with Gasteiger partial charge in [-0.15, -0.1) is 0 Å². The largest absolute Gasteiger partial charge is 0.382 e. The Morgan fingerprint density at radius 2 is 1.76 bits per heavy atom. The van der Waals surface area contributed by atoms with Gasteiger partial charge in [-0.05, 0) is 55.7 Å². The fourth-order valence-corrected chi connectivity index (χ4v) is 3.46. The summed E-state index contributed by atoms with van der Waals surface area (Å²) in [6, 6.07) is 7.69. The number of benzene rings is 1. The first-order valence-electron chi connectivity index (χ1n) is 7.50. The van der Waals surface area contributed by atoms with Gasteiger partial charge in [-0.25, -0.2) is 5.14 Å². The standard InChI is InChI=1S/C15H25N3O2S/c1-11(2)12-6-8-13(9-7-12)17-14-4-3-5-15(10-14)18-21(16,19)20/h3-5,10-13,17-18H,6-9H2,1-2H3,(H2,16,19,20). The van der Waals surface area contributed by atoms with E-state index in [1.165, 1.54) is 12.8 Å². The van der Waals surface area contributed by atoms with E-state index >= 15 is 0 Å². The predicted molar refractivity (Wildman–Crippen MR) is 87.4 cm³/mol. The Morgan fingerprint density at radius 3 is 2.33 bits per heavy atom. The zero-order chi connectivity index (χ0) is 15.5. The van der Waals surface area contributed by atoms with Crippen molar-refractivity contribution in [2.75, 3.05) is 10.0 Å². The number of hydrogen-bond acceptors (Lipinski definition) is 3. The van der Waals surface area contributed by atoms with E-state index in [1.807, 2.05) is 12.1 Å². The lowest BCUT2D eigenvalue weighted by Crippen LogP contribution is -2.28. The molecule has 0 aromatic heterocycles. The molecule has 6 heteroatoms. The highest BCUT2D eigenvalue weighted by molar-refractivity contribution is 7.90. The zero-order valence-corrected chi connectivity index (χ0v) is 13.5. The van der Waals surface area contributed by atoms with Crippen molar-refractivity contribution >= 4 is 21.6 Å². The van der Waals surface area contributed by atoms with Crippen LogP contribution in [0.15, 0.2) is 24.3 Å². The van der Waals surface area contributed by atoms with Crippen molar-refractivity contribution in [2.45, 2.75) is 45.6 Å². The van der Waals surface area contributed by atoms with Crippen LogP contribution >= 0.6 is 0 Å². The van der Waals surface area contributed by atoms with E-state index in [4.69, 9.17) is 5.14 Å². The van der Waals surface area contributed by atoms with Gasteiger partial charge in [-0.1, -0.05) is 19.9 Å². The van der Waals surface area contributed by atoms with Gasteiger partial charge in [0.2, 0.25) is 0 Å². The quantitative estimate of drug-likeness (QED) is 0.781. The van der Waals surface area contributed by atoms with E-state index in [9.17, 15) is 8.42 Å². The highest BCUT2D eigenvalue weighted by Crippen LogP contribution is 2.31. The normalized spacial score (nSPS) is 23.0. The van der Waals surface area contributed by atoms with Crippen molar-refractivity contribution in [1.29, 1.82) is 0 Å². The maximum absolute atomic E-state index is 11.0. The minimum atomic E-state index is -3.72. The molecule has 0 amide bonds. The lowest BCUT2D eigenvalue weighted by atomic mass is 9.79. The molecule has 0 aliphatic heterocycles. The molecule has 2 rings (SSSR count). The third-order valence-electron chi connectivity index (χ3n) is 4.21. The molecule has 1 fully saturated rings. The van der Waals surface area contributed by atoms with E-state index in [0.29, 0.717) is 11.7 Å².